The van der Waals surface area contributed by atoms with Gasteiger partial charge in [-0.15, -0.1) is 11.8 Å². The molecular formula is C22H17NO5S. The van der Waals surface area contributed by atoms with Crippen LogP contribution in [-0.2, 0) is 4.79 Å². The highest BCUT2D eigenvalue weighted by Gasteiger charge is 2.34. The average Bonchev–Trinajstić information content (AvgIpc) is 3.17. The van der Waals surface area contributed by atoms with Gasteiger partial charge < -0.3 is 24.6 Å². The van der Waals surface area contributed by atoms with Gasteiger partial charge in [0, 0.05) is 4.90 Å². The lowest BCUT2D eigenvalue weighted by Crippen LogP contribution is -2.30. The number of nitrogens with one attached hydrogen (secondary N) is 1. The second-order valence-corrected chi connectivity index (χ2v) is 7.84. The summed E-state index contributed by atoms with van der Waals surface area (Å²) in [6.07, 6.45) is -1.22. The van der Waals surface area contributed by atoms with Gasteiger partial charge in [-0.1, -0.05) is 24.3 Å². The first kappa shape index (κ1) is 17.9. The smallest absolute Gasteiger partial charge is 0.254 e. The summed E-state index contributed by atoms with van der Waals surface area (Å²) in [6.45, 7) is 0.169. The van der Waals surface area contributed by atoms with Gasteiger partial charge in [0.1, 0.15) is 17.6 Å². The van der Waals surface area contributed by atoms with Gasteiger partial charge in [-0.2, -0.15) is 0 Å². The van der Waals surface area contributed by atoms with E-state index in [0.717, 1.165) is 16.2 Å². The molecule has 146 valence electrons. The van der Waals surface area contributed by atoms with Crippen LogP contribution in [0.1, 0.15) is 10.8 Å². The minimum absolute atomic E-state index is 0.169. The molecule has 2 atom stereocenters. The Bertz CT molecular complexity index is 1070. The van der Waals surface area contributed by atoms with Crippen molar-refractivity contribution in [2.45, 2.75) is 16.2 Å². The predicted octanol–water partition coefficient (Wildman–Crippen LogP) is 4.35. The average molecular weight is 407 g/mol. The normalized spacial score (nSPS) is 19.8. The number of hydrogen-bond donors (Lipinski definition) is 2. The Balaban J connectivity index is 1.48. The monoisotopic (exact) mass is 407 g/mol. The Labute approximate surface area is 171 Å². The van der Waals surface area contributed by atoms with E-state index in [2.05, 4.69) is 5.32 Å². The van der Waals surface area contributed by atoms with Crippen LogP contribution in [0.2, 0.25) is 0 Å². The Morgan fingerprint density at radius 3 is 2.66 bits per heavy atom. The number of carbonyl (C=O) groups excluding carboxylic acids is 1. The fourth-order valence-corrected chi connectivity index (χ4v) is 4.52. The molecule has 0 fully saturated rings. The summed E-state index contributed by atoms with van der Waals surface area (Å²) in [5.41, 5.74) is 1.42. The van der Waals surface area contributed by atoms with Gasteiger partial charge in [-0.05, 0) is 48.0 Å². The van der Waals surface area contributed by atoms with Gasteiger partial charge in [0.2, 0.25) is 6.79 Å². The van der Waals surface area contributed by atoms with E-state index in [1.165, 1.54) is 11.8 Å². The standard InChI is InChI=1S/C22H17NO5S/c24-20-21(13-6-9-17-18(10-13)27-12-26-17)29-19-11-15(7-8-16(19)23-22(20)25)28-14-4-2-1-3-5-14/h1-11,20-21,24H,12H2,(H,23,25). The summed E-state index contributed by atoms with van der Waals surface area (Å²) in [5.74, 6) is 2.20. The maximum Gasteiger partial charge on any atom is 0.254 e. The van der Waals surface area contributed by atoms with Gasteiger partial charge in [0.25, 0.3) is 5.91 Å². The third-order valence-electron chi connectivity index (χ3n) is 4.72. The molecule has 2 aliphatic heterocycles. The summed E-state index contributed by atoms with van der Waals surface area (Å²) >= 11 is 1.40. The van der Waals surface area contributed by atoms with Crippen molar-refractivity contribution in [3.63, 3.8) is 0 Å². The first-order valence-electron chi connectivity index (χ1n) is 9.09. The fraction of sp³-hybridized carbons (Fsp3) is 0.136. The van der Waals surface area contributed by atoms with E-state index in [1.54, 1.807) is 18.2 Å². The van der Waals surface area contributed by atoms with Crippen molar-refractivity contribution in [1.82, 2.24) is 0 Å². The third-order valence-corrected chi connectivity index (χ3v) is 6.10. The van der Waals surface area contributed by atoms with E-state index in [4.69, 9.17) is 14.2 Å². The lowest BCUT2D eigenvalue weighted by atomic mass is 10.1. The Kier molecular flexibility index (Phi) is 4.54. The summed E-state index contributed by atoms with van der Waals surface area (Å²) < 4.78 is 16.7. The second kappa shape index (κ2) is 7.35. The fourth-order valence-electron chi connectivity index (χ4n) is 3.28. The number of thioether (sulfide) groups is 1. The molecule has 2 heterocycles. The van der Waals surface area contributed by atoms with Crippen molar-refractivity contribution in [3.8, 4) is 23.0 Å². The number of aliphatic hydroxyl groups is 1. The number of para-hydroxylation sites is 1. The van der Waals surface area contributed by atoms with Crippen LogP contribution >= 0.6 is 11.8 Å². The van der Waals surface area contributed by atoms with Crippen molar-refractivity contribution in [2.24, 2.45) is 0 Å². The molecule has 0 saturated heterocycles. The molecule has 3 aromatic carbocycles. The zero-order valence-corrected chi connectivity index (χ0v) is 16.0. The van der Waals surface area contributed by atoms with Crippen LogP contribution < -0.4 is 19.5 Å². The molecule has 2 aliphatic rings. The summed E-state index contributed by atoms with van der Waals surface area (Å²) in [6, 6.07) is 20.4. The maximum atomic E-state index is 12.5. The number of carbonyl (C=O) groups is 1. The lowest BCUT2D eigenvalue weighted by Gasteiger charge is -2.19. The van der Waals surface area contributed by atoms with Crippen molar-refractivity contribution in [2.75, 3.05) is 12.1 Å². The van der Waals surface area contributed by atoms with Crippen LogP contribution in [0.3, 0.4) is 0 Å². The van der Waals surface area contributed by atoms with Crippen LogP contribution in [0.4, 0.5) is 5.69 Å². The summed E-state index contributed by atoms with van der Waals surface area (Å²) in [4.78, 5) is 13.3. The van der Waals surface area contributed by atoms with Crippen molar-refractivity contribution in [1.29, 1.82) is 0 Å². The molecular weight excluding hydrogens is 390 g/mol. The molecule has 3 aromatic rings. The Morgan fingerprint density at radius 1 is 0.966 bits per heavy atom. The van der Waals surface area contributed by atoms with Gasteiger partial charge in [-0.25, -0.2) is 0 Å². The first-order chi connectivity index (χ1) is 14.2. The quantitative estimate of drug-likeness (QED) is 0.672. The van der Waals surface area contributed by atoms with Crippen LogP contribution in [0.15, 0.2) is 71.6 Å². The molecule has 7 heteroatoms. The van der Waals surface area contributed by atoms with Gasteiger partial charge in [0.15, 0.2) is 11.5 Å². The van der Waals surface area contributed by atoms with Crippen LogP contribution in [-0.4, -0.2) is 23.9 Å². The number of amides is 1. The number of benzene rings is 3. The van der Waals surface area contributed by atoms with Crippen molar-refractivity contribution >= 4 is 23.4 Å². The van der Waals surface area contributed by atoms with Gasteiger partial charge in [-0.3, -0.25) is 4.79 Å². The van der Waals surface area contributed by atoms with E-state index in [-0.39, 0.29) is 6.79 Å². The molecule has 1 amide bonds. The van der Waals surface area contributed by atoms with E-state index in [9.17, 15) is 9.90 Å². The minimum atomic E-state index is -1.22. The highest BCUT2D eigenvalue weighted by molar-refractivity contribution is 7.99. The van der Waals surface area contributed by atoms with Crippen LogP contribution in [0, 0.1) is 0 Å². The Hall–Kier alpha value is -3.16. The maximum absolute atomic E-state index is 12.5. The van der Waals surface area contributed by atoms with Crippen molar-refractivity contribution < 1.29 is 24.1 Å². The summed E-state index contributed by atoms with van der Waals surface area (Å²) in [7, 11) is 0. The van der Waals surface area contributed by atoms with Crippen LogP contribution in [0.5, 0.6) is 23.0 Å². The molecule has 0 radical (unpaired) electrons. The van der Waals surface area contributed by atoms with E-state index in [1.807, 2.05) is 48.5 Å². The molecule has 29 heavy (non-hydrogen) atoms. The third kappa shape index (κ3) is 3.50. The van der Waals surface area contributed by atoms with Crippen molar-refractivity contribution in [3.05, 3.63) is 72.3 Å². The highest BCUT2D eigenvalue weighted by atomic mass is 32.2. The van der Waals surface area contributed by atoms with Crippen LogP contribution in [0.25, 0.3) is 0 Å². The van der Waals surface area contributed by atoms with E-state index >= 15 is 0 Å². The van der Waals surface area contributed by atoms with Gasteiger partial charge in [0.05, 0.1) is 10.9 Å². The molecule has 0 aliphatic carbocycles. The summed E-state index contributed by atoms with van der Waals surface area (Å²) in [5, 5.41) is 13.0. The predicted molar refractivity (Wildman–Crippen MR) is 109 cm³/mol. The molecule has 2 N–H and O–H groups in total. The highest BCUT2D eigenvalue weighted by Crippen LogP contribution is 2.47. The van der Waals surface area contributed by atoms with E-state index < -0.39 is 17.3 Å². The van der Waals surface area contributed by atoms with E-state index in [0.29, 0.717) is 22.9 Å². The Morgan fingerprint density at radius 2 is 1.79 bits per heavy atom. The topological polar surface area (TPSA) is 77.0 Å². The number of aliphatic hydroxyl groups excluding tert-OH is 1. The van der Waals surface area contributed by atoms with Gasteiger partial charge >= 0.3 is 0 Å². The SMILES string of the molecule is O=C1Nc2ccc(Oc3ccccc3)cc2SC(c2ccc3c(c2)OCO3)C1O. The number of anilines is 1. The second-order valence-electron chi connectivity index (χ2n) is 6.66. The zero-order chi connectivity index (χ0) is 19.8. The molecule has 5 rings (SSSR count). The number of hydrogen-bond acceptors (Lipinski definition) is 6. The molecule has 0 spiro atoms. The molecule has 0 aromatic heterocycles. The lowest BCUT2D eigenvalue weighted by molar-refractivity contribution is -0.124. The molecule has 0 saturated carbocycles. The molecule has 0 bridgehead atoms. The number of rotatable bonds is 3. The zero-order valence-electron chi connectivity index (χ0n) is 15.2. The minimum Gasteiger partial charge on any atom is -0.457 e. The largest absolute Gasteiger partial charge is 0.457 e. The number of fused-ring (bicyclic) bond motifs is 2. The molecule has 6 nitrogen and oxygen atoms in total. The molecule has 2 unspecified atom stereocenters. The number of ether oxygens (including phenoxy) is 3. The first-order valence-corrected chi connectivity index (χ1v) is 9.97.